The Bertz CT molecular complexity index is 414. The molecule has 1 aliphatic heterocycles. The highest BCUT2D eigenvalue weighted by atomic mass is 16.6. The van der Waals surface area contributed by atoms with Gasteiger partial charge >= 0.3 is 0 Å². The lowest BCUT2D eigenvalue weighted by molar-refractivity contribution is -0.124. The third-order valence-electron chi connectivity index (χ3n) is 2.68. The molecule has 0 saturated carbocycles. The van der Waals surface area contributed by atoms with E-state index in [2.05, 4.69) is 10.5 Å². The number of benzene rings is 1. The van der Waals surface area contributed by atoms with Gasteiger partial charge < -0.3 is 10.2 Å². The molecular formula is C12H14N2O2. The first-order valence-electron chi connectivity index (χ1n) is 5.24. The second-order valence-corrected chi connectivity index (χ2v) is 3.75. The maximum absolute atomic E-state index is 11.7. The second-order valence-electron chi connectivity index (χ2n) is 3.75. The molecule has 0 unspecified atom stereocenters. The van der Waals surface area contributed by atoms with Crippen molar-refractivity contribution in [3.05, 3.63) is 35.9 Å². The normalized spacial score (nSPS) is 23.5. The number of hydrogen-bond acceptors (Lipinski definition) is 3. The number of rotatable bonds is 2. The van der Waals surface area contributed by atoms with Gasteiger partial charge in [0.25, 0.3) is 0 Å². The quantitative estimate of drug-likeness (QED) is 0.810. The molecule has 84 valence electrons. The summed E-state index contributed by atoms with van der Waals surface area (Å²) in [6, 6.07) is 9.62. The molecule has 0 radical (unpaired) electrons. The molecular weight excluding hydrogens is 204 g/mol. The third-order valence-corrected chi connectivity index (χ3v) is 2.68. The summed E-state index contributed by atoms with van der Waals surface area (Å²) in [5.41, 5.74) is 1.63. The first kappa shape index (κ1) is 10.7. The summed E-state index contributed by atoms with van der Waals surface area (Å²) in [5.74, 6) is -0.389. The van der Waals surface area contributed by atoms with E-state index < -0.39 is 0 Å². The van der Waals surface area contributed by atoms with Gasteiger partial charge in [-0.1, -0.05) is 35.5 Å². The van der Waals surface area contributed by atoms with E-state index in [1.54, 1.807) is 7.05 Å². The van der Waals surface area contributed by atoms with Crippen molar-refractivity contribution in [1.82, 2.24) is 5.32 Å². The molecule has 1 heterocycles. The minimum atomic E-state index is -0.326. The number of hydrogen-bond donors (Lipinski definition) is 1. The Morgan fingerprint density at radius 2 is 2.06 bits per heavy atom. The standard InChI is InChI=1S/C12H14N2O2/c1-8-10(12(15)13-2)11(14-16-8)9-6-4-3-5-7-9/h3-8,10H,1-2H3,(H,13,15)/t8-,10-/m0/s1. The summed E-state index contributed by atoms with van der Waals surface area (Å²) in [4.78, 5) is 16.9. The van der Waals surface area contributed by atoms with Crippen LogP contribution in [0.25, 0.3) is 0 Å². The molecule has 0 fully saturated rings. The number of amides is 1. The van der Waals surface area contributed by atoms with Crippen molar-refractivity contribution in [3.63, 3.8) is 0 Å². The molecule has 0 aromatic heterocycles. The molecule has 1 aromatic carbocycles. The molecule has 1 aliphatic rings. The first-order valence-corrected chi connectivity index (χ1v) is 5.24. The molecule has 0 spiro atoms. The van der Waals surface area contributed by atoms with Crippen molar-refractivity contribution in [1.29, 1.82) is 0 Å². The molecule has 4 nitrogen and oxygen atoms in total. The lowest BCUT2D eigenvalue weighted by atomic mass is 9.92. The van der Waals surface area contributed by atoms with Crippen molar-refractivity contribution in [2.24, 2.45) is 11.1 Å². The van der Waals surface area contributed by atoms with Crippen molar-refractivity contribution in [2.45, 2.75) is 13.0 Å². The molecule has 1 amide bonds. The molecule has 16 heavy (non-hydrogen) atoms. The van der Waals surface area contributed by atoms with Crippen LogP contribution in [-0.4, -0.2) is 24.8 Å². The third kappa shape index (κ3) is 1.78. The lowest BCUT2D eigenvalue weighted by Crippen LogP contribution is -2.37. The zero-order valence-corrected chi connectivity index (χ0v) is 9.31. The van der Waals surface area contributed by atoms with Crippen LogP contribution >= 0.6 is 0 Å². The monoisotopic (exact) mass is 218 g/mol. The van der Waals surface area contributed by atoms with Gasteiger partial charge in [-0.05, 0) is 6.92 Å². The largest absolute Gasteiger partial charge is 0.391 e. The molecule has 1 N–H and O–H groups in total. The van der Waals surface area contributed by atoms with Gasteiger partial charge in [0.1, 0.15) is 17.7 Å². The summed E-state index contributed by atoms with van der Waals surface area (Å²) < 4.78 is 0. The van der Waals surface area contributed by atoms with E-state index >= 15 is 0 Å². The molecule has 2 atom stereocenters. The SMILES string of the molecule is CNC(=O)[C@@H]1C(c2ccccc2)=NO[C@H]1C. The Kier molecular flexibility index (Phi) is 2.90. The topological polar surface area (TPSA) is 50.7 Å². The minimum absolute atomic E-state index is 0.0624. The highest BCUT2D eigenvalue weighted by Crippen LogP contribution is 2.23. The van der Waals surface area contributed by atoms with E-state index in [0.717, 1.165) is 5.56 Å². The van der Waals surface area contributed by atoms with Crippen LogP contribution in [0.1, 0.15) is 12.5 Å². The van der Waals surface area contributed by atoms with E-state index in [9.17, 15) is 4.79 Å². The Labute approximate surface area is 94.3 Å². The Hall–Kier alpha value is -1.84. The molecule has 0 saturated heterocycles. The highest BCUT2D eigenvalue weighted by Gasteiger charge is 2.36. The average Bonchev–Trinajstić information content (AvgIpc) is 2.71. The van der Waals surface area contributed by atoms with Crippen molar-refractivity contribution >= 4 is 11.6 Å². The summed E-state index contributed by atoms with van der Waals surface area (Å²) >= 11 is 0. The zero-order chi connectivity index (χ0) is 11.5. The van der Waals surface area contributed by atoms with E-state index in [-0.39, 0.29) is 17.9 Å². The fraction of sp³-hybridized carbons (Fsp3) is 0.333. The van der Waals surface area contributed by atoms with Crippen LogP contribution in [0.4, 0.5) is 0 Å². The van der Waals surface area contributed by atoms with Gasteiger partial charge in [0, 0.05) is 12.6 Å². The van der Waals surface area contributed by atoms with Crippen LogP contribution in [0.5, 0.6) is 0 Å². The van der Waals surface area contributed by atoms with E-state index in [1.165, 1.54) is 0 Å². The molecule has 1 aromatic rings. The van der Waals surface area contributed by atoms with Gasteiger partial charge in [-0.3, -0.25) is 4.79 Å². The van der Waals surface area contributed by atoms with E-state index in [4.69, 9.17) is 4.84 Å². The van der Waals surface area contributed by atoms with Gasteiger partial charge in [-0.25, -0.2) is 0 Å². The zero-order valence-electron chi connectivity index (χ0n) is 9.31. The van der Waals surface area contributed by atoms with Crippen LogP contribution < -0.4 is 5.32 Å². The summed E-state index contributed by atoms with van der Waals surface area (Å²) in [6.45, 7) is 1.85. The van der Waals surface area contributed by atoms with Crippen LogP contribution in [-0.2, 0) is 9.63 Å². The van der Waals surface area contributed by atoms with Crippen LogP contribution in [0.3, 0.4) is 0 Å². The van der Waals surface area contributed by atoms with Gasteiger partial charge in [0.05, 0.1) is 0 Å². The smallest absolute Gasteiger partial charge is 0.232 e. The Morgan fingerprint density at radius 3 is 2.69 bits per heavy atom. The van der Waals surface area contributed by atoms with Crippen molar-refractivity contribution < 1.29 is 9.63 Å². The van der Waals surface area contributed by atoms with Crippen LogP contribution in [0.15, 0.2) is 35.5 Å². The van der Waals surface area contributed by atoms with Crippen LogP contribution in [0.2, 0.25) is 0 Å². The average molecular weight is 218 g/mol. The molecule has 2 rings (SSSR count). The maximum Gasteiger partial charge on any atom is 0.232 e. The Morgan fingerprint density at radius 1 is 1.38 bits per heavy atom. The number of oxime groups is 1. The minimum Gasteiger partial charge on any atom is -0.391 e. The van der Waals surface area contributed by atoms with Crippen molar-refractivity contribution in [2.75, 3.05) is 7.05 Å². The second kappa shape index (κ2) is 4.35. The fourth-order valence-electron chi connectivity index (χ4n) is 1.81. The predicted octanol–water partition coefficient (Wildman–Crippen LogP) is 1.17. The Balaban J connectivity index is 2.31. The number of nitrogens with zero attached hydrogens (tertiary/aromatic N) is 1. The molecule has 0 aliphatic carbocycles. The van der Waals surface area contributed by atoms with Gasteiger partial charge in [0.2, 0.25) is 5.91 Å². The predicted molar refractivity (Wildman–Crippen MR) is 61.1 cm³/mol. The van der Waals surface area contributed by atoms with Crippen molar-refractivity contribution in [3.8, 4) is 0 Å². The van der Waals surface area contributed by atoms with Gasteiger partial charge in [-0.2, -0.15) is 0 Å². The molecule has 4 heteroatoms. The number of nitrogens with one attached hydrogen (secondary N) is 1. The van der Waals surface area contributed by atoms with E-state index in [0.29, 0.717) is 5.71 Å². The first-order chi connectivity index (χ1) is 7.74. The number of carbonyl (C=O) groups is 1. The van der Waals surface area contributed by atoms with E-state index in [1.807, 2.05) is 37.3 Å². The van der Waals surface area contributed by atoms with Gasteiger partial charge in [0.15, 0.2) is 0 Å². The summed E-state index contributed by atoms with van der Waals surface area (Å²) in [7, 11) is 1.62. The summed E-state index contributed by atoms with van der Waals surface area (Å²) in [6.07, 6.45) is -0.213. The summed E-state index contributed by atoms with van der Waals surface area (Å²) in [5, 5.41) is 6.63. The van der Waals surface area contributed by atoms with Crippen LogP contribution in [0, 0.1) is 5.92 Å². The maximum atomic E-state index is 11.7. The molecule has 0 bridgehead atoms. The lowest BCUT2D eigenvalue weighted by Gasteiger charge is -2.13. The highest BCUT2D eigenvalue weighted by molar-refractivity contribution is 6.13. The fourth-order valence-corrected chi connectivity index (χ4v) is 1.81. The van der Waals surface area contributed by atoms with Gasteiger partial charge in [-0.15, -0.1) is 0 Å². The number of carbonyl (C=O) groups excluding carboxylic acids is 1.